The standard InChI is InChI=1S/C14H18N4OS/c1-4-15-12-7-10(5-6-16-12)13(19)18-14-17-11(8-20-14)9(2)3/h5-9H,4H2,1-3H3,(H,15,16)(H,17,18,19). The second-order valence-electron chi connectivity index (χ2n) is 4.65. The number of carbonyl (C=O) groups excluding carboxylic acids is 1. The molecular weight excluding hydrogens is 272 g/mol. The number of amides is 1. The van der Waals surface area contributed by atoms with Crippen molar-refractivity contribution >= 4 is 28.2 Å². The van der Waals surface area contributed by atoms with Gasteiger partial charge in [-0.3, -0.25) is 10.1 Å². The molecule has 0 aliphatic heterocycles. The van der Waals surface area contributed by atoms with Gasteiger partial charge in [-0.2, -0.15) is 0 Å². The zero-order valence-corrected chi connectivity index (χ0v) is 12.6. The van der Waals surface area contributed by atoms with E-state index in [0.29, 0.717) is 22.4 Å². The highest BCUT2D eigenvalue weighted by molar-refractivity contribution is 7.14. The Kier molecular flexibility index (Phi) is 4.68. The van der Waals surface area contributed by atoms with Gasteiger partial charge in [-0.15, -0.1) is 11.3 Å². The molecule has 0 bridgehead atoms. The Bertz CT molecular complexity index is 594. The third-order valence-electron chi connectivity index (χ3n) is 2.71. The molecule has 0 unspecified atom stereocenters. The van der Waals surface area contributed by atoms with E-state index in [9.17, 15) is 4.79 Å². The molecule has 0 fully saturated rings. The van der Waals surface area contributed by atoms with Crippen molar-refractivity contribution in [2.75, 3.05) is 17.2 Å². The van der Waals surface area contributed by atoms with E-state index in [-0.39, 0.29) is 5.91 Å². The van der Waals surface area contributed by atoms with E-state index in [4.69, 9.17) is 0 Å². The molecule has 0 radical (unpaired) electrons. The van der Waals surface area contributed by atoms with E-state index < -0.39 is 0 Å². The van der Waals surface area contributed by atoms with E-state index in [1.165, 1.54) is 11.3 Å². The fourth-order valence-electron chi connectivity index (χ4n) is 1.63. The highest BCUT2D eigenvalue weighted by Crippen LogP contribution is 2.22. The maximum Gasteiger partial charge on any atom is 0.257 e. The minimum Gasteiger partial charge on any atom is -0.370 e. The van der Waals surface area contributed by atoms with Gasteiger partial charge >= 0.3 is 0 Å². The van der Waals surface area contributed by atoms with Crippen LogP contribution in [0.25, 0.3) is 0 Å². The molecule has 2 rings (SSSR count). The summed E-state index contributed by atoms with van der Waals surface area (Å²) < 4.78 is 0. The molecule has 0 aliphatic rings. The molecule has 2 N–H and O–H groups in total. The minimum absolute atomic E-state index is 0.170. The van der Waals surface area contributed by atoms with Crippen molar-refractivity contribution in [2.24, 2.45) is 0 Å². The molecule has 2 aromatic rings. The summed E-state index contributed by atoms with van der Waals surface area (Å²) >= 11 is 1.44. The first kappa shape index (κ1) is 14.5. The van der Waals surface area contributed by atoms with Gasteiger partial charge in [0.15, 0.2) is 5.13 Å². The van der Waals surface area contributed by atoms with Gasteiger partial charge in [0.1, 0.15) is 5.82 Å². The SMILES string of the molecule is CCNc1cc(C(=O)Nc2nc(C(C)C)cs2)ccn1. The molecule has 0 saturated heterocycles. The Morgan fingerprint density at radius 1 is 1.45 bits per heavy atom. The van der Waals surface area contributed by atoms with Gasteiger partial charge in [0, 0.05) is 23.7 Å². The summed E-state index contributed by atoms with van der Waals surface area (Å²) in [7, 11) is 0. The van der Waals surface area contributed by atoms with Gasteiger partial charge < -0.3 is 5.32 Å². The molecular formula is C14H18N4OS. The summed E-state index contributed by atoms with van der Waals surface area (Å²) in [6, 6.07) is 3.42. The normalized spacial score (nSPS) is 10.6. The van der Waals surface area contributed by atoms with Gasteiger partial charge in [0.2, 0.25) is 0 Å². The van der Waals surface area contributed by atoms with Crippen LogP contribution in [-0.4, -0.2) is 22.4 Å². The maximum atomic E-state index is 12.1. The molecule has 0 spiro atoms. The van der Waals surface area contributed by atoms with Gasteiger partial charge in [-0.05, 0) is 25.0 Å². The Morgan fingerprint density at radius 3 is 2.90 bits per heavy atom. The molecule has 0 aliphatic carbocycles. The smallest absolute Gasteiger partial charge is 0.257 e. The van der Waals surface area contributed by atoms with Crippen LogP contribution in [-0.2, 0) is 0 Å². The van der Waals surface area contributed by atoms with Gasteiger partial charge in [0.05, 0.1) is 5.69 Å². The van der Waals surface area contributed by atoms with Crippen LogP contribution >= 0.6 is 11.3 Å². The number of carbonyl (C=O) groups is 1. The van der Waals surface area contributed by atoms with Crippen LogP contribution in [0.15, 0.2) is 23.7 Å². The van der Waals surface area contributed by atoms with Crippen molar-refractivity contribution < 1.29 is 4.79 Å². The van der Waals surface area contributed by atoms with Crippen molar-refractivity contribution in [3.05, 3.63) is 35.0 Å². The number of hydrogen-bond acceptors (Lipinski definition) is 5. The number of pyridine rings is 1. The molecule has 2 heterocycles. The van der Waals surface area contributed by atoms with E-state index in [1.807, 2.05) is 12.3 Å². The number of anilines is 2. The molecule has 0 atom stereocenters. The fourth-order valence-corrected chi connectivity index (χ4v) is 2.49. The number of aromatic nitrogens is 2. The predicted octanol–water partition coefficient (Wildman–Crippen LogP) is 3.35. The summed E-state index contributed by atoms with van der Waals surface area (Å²) in [5, 5.41) is 8.49. The quantitative estimate of drug-likeness (QED) is 0.886. The van der Waals surface area contributed by atoms with Gasteiger partial charge in [0.25, 0.3) is 5.91 Å². The highest BCUT2D eigenvalue weighted by Gasteiger charge is 2.11. The number of nitrogens with zero attached hydrogens (tertiary/aromatic N) is 2. The van der Waals surface area contributed by atoms with Crippen LogP contribution in [0.3, 0.4) is 0 Å². The first-order valence-electron chi connectivity index (χ1n) is 6.57. The second-order valence-corrected chi connectivity index (χ2v) is 5.50. The number of rotatable bonds is 5. The third kappa shape index (κ3) is 3.54. The minimum atomic E-state index is -0.170. The Hall–Kier alpha value is -1.95. The molecule has 20 heavy (non-hydrogen) atoms. The van der Waals surface area contributed by atoms with E-state index in [2.05, 4.69) is 34.4 Å². The number of hydrogen-bond donors (Lipinski definition) is 2. The highest BCUT2D eigenvalue weighted by atomic mass is 32.1. The van der Waals surface area contributed by atoms with E-state index in [0.717, 1.165) is 12.2 Å². The maximum absolute atomic E-state index is 12.1. The largest absolute Gasteiger partial charge is 0.370 e. The summed E-state index contributed by atoms with van der Waals surface area (Å²) in [5.74, 6) is 0.886. The summed E-state index contributed by atoms with van der Waals surface area (Å²) in [6.45, 7) is 6.90. The van der Waals surface area contributed by atoms with Crippen LogP contribution in [0.2, 0.25) is 0 Å². The number of nitrogens with one attached hydrogen (secondary N) is 2. The molecule has 1 amide bonds. The average molecular weight is 290 g/mol. The zero-order valence-electron chi connectivity index (χ0n) is 11.8. The lowest BCUT2D eigenvalue weighted by atomic mass is 10.2. The van der Waals surface area contributed by atoms with Gasteiger partial charge in [-0.25, -0.2) is 9.97 Å². The Morgan fingerprint density at radius 2 is 2.25 bits per heavy atom. The van der Waals surface area contributed by atoms with Crippen molar-refractivity contribution in [2.45, 2.75) is 26.7 Å². The van der Waals surface area contributed by atoms with Crippen LogP contribution < -0.4 is 10.6 Å². The first-order valence-corrected chi connectivity index (χ1v) is 7.44. The lowest BCUT2D eigenvalue weighted by Gasteiger charge is -2.05. The van der Waals surface area contributed by atoms with Crippen LogP contribution in [0.1, 0.15) is 42.7 Å². The Balaban J connectivity index is 2.09. The topological polar surface area (TPSA) is 66.9 Å². The van der Waals surface area contributed by atoms with Crippen molar-refractivity contribution in [3.8, 4) is 0 Å². The lowest BCUT2D eigenvalue weighted by molar-refractivity contribution is 0.102. The van der Waals surface area contributed by atoms with Gasteiger partial charge in [-0.1, -0.05) is 13.8 Å². The first-order chi connectivity index (χ1) is 9.60. The van der Waals surface area contributed by atoms with Crippen molar-refractivity contribution in [1.29, 1.82) is 0 Å². The summed E-state index contributed by atoms with van der Waals surface area (Å²) in [4.78, 5) is 20.7. The monoisotopic (exact) mass is 290 g/mol. The molecule has 106 valence electrons. The lowest BCUT2D eigenvalue weighted by Crippen LogP contribution is -2.12. The van der Waals surface area contributed by atoms with Crippen LogP contribution in [0.4, 0.5) is 10.9 Å². The zero-order chi connectivity index (χ0) is 14.5. The number of thiazole rings is 1. The van der Waals surface area contributed by atoms with Crippen LogP contribution in [0.5, 0.6) is 0 Å². The molecule has 2 aromatic heterocycles. The third-order valence-corrected chi connectivity index (χ3v) is 3.49. The van der Waals surface area contributed by atoms with E-state index >= 15 is 0 Å². The summed E-state index contributed by atoms with van der Waals surface area (Å²) in [6.07, 6.45) is 1.62. The average Bonchev–Trinajstić information content (AvgIpc) is 2.88. The summed E-state index contributed by atoms with van der Waals surface area (Å²) in [5.41, 5.74) is 1.56. The predicted molar refractivity (Wildman–Crippen MR) is 82.6 cm³/mol. The second kappa shape index (κ2) is 6.47. The van der Waals surface area contributed by atoms with Crippen molar-refractivity contribution in [3.63, 3.8) is 0 Å². The van der Waals surface area contributed by atoms with Crippen LogP contribution in [0, 0.1) is 0 Å². The molecule has 0 aromatic carbocycles. The fraction of sp³-hybridized carbons (Fsp3) is 0.357. The molecule has 0 saturated carbocycles. The van der Waals surface area contributed by atoms with Crippen molar-refractivity contribution in [1.82, 2.24) is 9.97 Å². The van der Waals surface area contributed by atoms with E-state index in [1.54, 1.807) is 18.3 Å². The molecule has 6 heteroatoms. The molecule has 5 nitrogen and oxygen atoms in total. The Labute approximate surface area is 122 Å².